The van der Waals surface area contributed by atoms with Crippen molar-refractivity contribution in [3.05, 3.63) is 34.9 Å². The number of rotatable bonds is 4. The number of carboxylic acid groups (broad SMARTS) is 3. The van der Waals surface area contributed by atoms with Gasteiger partial charge in [0, 0.05) is 0 Å². The summed E-state index contributed by atoms with van der Waals surface area (Å²) in [6.45, 7) is 0. The summed E-state index contributed by atoms with van der Waals surface area (Å²) in [5, 5.41) is 35.2. The van der Waals surface area contributed by atoms with E-state index in [0.29, 0.717) is 0 Å². The van der Waals surface area contributed by atoms with Gasteiger partial charge in [-0.25, -0.2) is 14.4 Å². The maximum atomic E-state index is 10.7. The zero-order chi connectivity index (χ0) is 13.2. The minimum absolute atomic E-state index is 0.296. The van der Waals surface area contributed by atoms with E-state index in [9.17, 15) is 19.5 Å². The molecule has 0 radical (unpaired) electrons. The van der Waals surface area contributed by atoms with Gasteiger partial charge in [-0.15, -0.1) is 0 Å². The molecular weight excluding hydrogens is 232 g/mol. The quantitative estimate of drug-likeness (QED) is 0.590. The maximum Gasteiger partial charge on any atom is 0.337 e. The molecule has 90 valence electrons. The molecule has 0 spiro atoms. The Morgan fingerprint density at radius 1 is 0.882 bits per heavy atom. The summed E-state index contributed by atoms with van der Waals surface area (Å²) >= 11 is 0. The number of carboxylic acids is 3. The average molecular weight is 240 g/mol. The van der Waals surface area contributed by atoms with Crippen molar-refractivity contribution in [2.75, 3.05) is 0 Å². The van der Waals surface area contributed by atoms with Gasteiger partial charge in [0.15, 0.2) is 6.10 Å². The Morgan fingerprint density at radius 2 is 1.29 bits per heavy atom. The van der Waals surface area contributed by atoms with Crippen LogP contribution in [0.1, 0.15) is 32.4 Å². The second-order valence-corrected chi connectivity index (χ2v) is 3.19. The predicted octanol–water partition coefficient (Wildman–Crippen LogP) is 0.201. The molecule has 0 aliphatic carbocycles. The summed E-state index contributed by atoms with van der Waals surface area (Å²) in [6, 6.07) is 2.70. The van der Waals surface area contributed by atoms with Crippen LogP contribution in [-0.4, -0.2) is 38.3 Å². The molecule has 0 saturated heterocycles. The van der Waals surface area contributed by atoms with Gasteiger partial charge in [0.1, 0.15) is 0 Å². The molecule has 0 aliphatic rings. The first-order chi connectivity index (χ1) is 7.82. The molecule has 1 unspecified atom stereocenters. The van der Waals surface area contributed by atoms with Gasteiger partial charge >= 0.3 is 17.9 Å². The molecule has 0 aliphatic heterocycles. The standard InChI is InChI=1S/C10H8O7/c11-7(10(16)17)4-1-5(8(12)13)3-6(2-4)9(14)15/h1-3,7,11H,(H,12,13)(H,14,15)(H,16,17). The average Bonchev–Trinajstić information content (AvgIpc) is 2.27. The zero-order valence-electron chi connectivity index (χ0n) is 8.32. The first-order valence-electron chi connectivity index (χ1n) is 4.35. The summed E-state index contributed by atoms with van der Waals surface area (Å²) in [6.07, 6.45) is -1.97. The molecule has 7 nitrogen and oxygen atoms in total. The van der Waals surface area contributed by atoms with Crippen molar-refractivity contribution in [1.29, 1.82) is 0 Å². The third kappa shape index (κ3) is 2.79. The first-order valence-corrected chi connectivity index (χ1v) is 4.35. The SMILES string of the molecule is O=C(O)c1cc(C(=O)O)cc(C(O)C(=O)O)c1. The van der Waals surface area contributed by atoms with Crippen molar-refractivity contribution in [3.8, 4) is 0 Å². The van der Waals surface area contributed by atoms with Gasteiger partial charge in [-0.1, -0.05) is 0 Å². The van der Waals surface area contributed by atoms with Crippen molar-refractivity contribution >= 4 is 17.9 Å². The molecule has 1 aromatic carbocycles. The van der Waals surface area contributed by atoms with Crippen molar-refractivity contribution in [1.82, 2.24) is 0 Å². The van der Waals surface area contributed by atoms with Gasteiger partial charge in [0.25, 0.3) is 0 Å². The fourth-order valence-electron chi connectivity index (χ4n) is 1.20. The molecule has 1 rings (SSSR count). The van der Waals surface area contributed by atoms with Gasteiger partial charge < -0.3 is 20.4 Å². The summed E-state index contributed by atoms with van der Waals surface area (Å²) in [4.78, 5) is 31.9. The number of hydrogen-bond acceptors (Lipinski definition) is 4. The van der Waals surface area contributed by atoms with E-state index in [0.717, 1.165) is 18.2 Å². The number of aliphatic hydroxyl groups is 1. The van der Waals surface area contributed by atoms with Gasteiger partial charge in [-0.05, 0) is 23.8 Å². The second-order valence-electron chi connectivity index (χ2n) is 3.19. The third-order valence-corrected chi connectivity index (χ3v) is 2.00. The van der Waals surface area contributed by atoms with Crippen molar-refractivity contribution in [3.63, 3.8) is 0 Å². The molecule has 0 heterocycles. The largest absolute Gasteiger partial charge is 0.479 e. The van der Waals surface area contributed by atoms with Crippen molar-refractivity contribution in [2.24, 2.45) is 0 Å². The molecule has 0 aromatic heterocycles. The lowest BCUT2D eigenvalue weighted by Gasteiger charge is -2.08. The van der Waals surface area contributed by atoms with Gasteiger partial charge in [-0.2, -0.15) is 0 Å². The van der Waals surface area contributed by atoms with Crippen LogP contribution in [0.25, 0.3) is 0 Å². The van der Waals surface area contributed by atoms with Gasteiger partial charge in [-0.3, -0.25) is 0 Å². The van der Waals surface area contributed by atoms with Crippen molar-refractivity contribution < 1.29 is 34.8 Å². The van der Waals surface area contributed by atoms with Crippen LogP contribution >= 0.6 is 0 Å². The summed E-state index contributed by atoms with van der Waals surface area (Å²) in [5.41, 5.74) is -1.10. The Morgan fingerprint density at radius 3 is 1.59 bits per heavy atom. The molecule has 1 atom stereocenters. The molecular formula is C10H8O7. The number of aromatic carboxylic acids is 2. The fourth-order valence-corrected chi connectivity index (χ4v) is 1.20. The lowest BCUT2D eigenvalue weighted by Crippen LogP contribution is -2.13. The fraction of sp³-hybridized carbons (Fsp3) is 0.100. The highest BCUT2D eigenvalue weighted by Crippen LogP contribution is 2.18. The highest BCUT2D eigenvalue weighted by Gasteiger charge is 2.20. The third-order valence-electron chi connectivity index (χ3n) is 2.00. The molecule has 4 N–H and O–H groups in total. The van der Waals surface area contributed by atoms with E-state index in [1.54, 1.807) is 0 Å². The Hall–Kier alpha value is -2.41. The van der Waals surface area contributed by atoms with E-state index in [1.807, 2.05) is 0 Å². The lowest BCUT2D eigenvalue weighted by molar-refractivity contribution is -0.146. The molecule has 0 saturated carbocycles. The molecule has 0 amide bonds. The number of hydrogen-bond donors (Lipinski definition) is 4. The minimum Gasteiger partial charge on any atom is -0.479 e. The number of aliphatic carboxylic acids is 1. The Balaban J connectivity index is 3.36. The van der Waals surface area contributed by atoms with Crippen LogP contribution in [0, 0.1) is 0 Å². The first kappa shape index (κ1) is 12.7. The van der Waals surface area contributed by atoms with Gasteiger partial charge in [0.2, 0.25) is 0 Å². The zero-order valence-corrected chi connectivity index (χ0v) is 8.32. The minimum atomic E-state index is -1.97. The van der Waals surface area contributed by atoms with Crippen LogP contribution in [0.15, 0.2) is 18.2 Å². The van der Waals surface area contributed by atoms with Crippen LogP contribution in [0.4, 0.5) is 0 Å². The number of benzene rings is 1. The smallest absolute Gasteiger partial charge is 0.337 e. The van der Waals surface area contributed by atoms with Crippen LogP contribution in [0.3, 0.4) is 0 Å². The highest BCUT2D eigenvalue weighted by molar-refractivity contribution is 5.94. The van der Waals surface area contributed by atoms with E-state index in [2.05, 4.69) is 0 Å². The Bertz CT molecular complexity index is 459. The van der Waals surface area contributed by atoms with Crippen LogP contribution in [0.2, 0.25) is 0 Å². The van der Waals surface area contributed by atoms with E-state index < -0.39 is 35.1 Å². The van der Waals surface area contributed by atoms with Crippen molar-refractivity contribution in [2.45, 2.75) is 6.10 Å². The van der Waals surface area contributed by atoms with Crippen LogP contribution in [0.5, 0.6) is 0 Å². The van der Waals surface area contributed by atoms with E-state index in [-0.39, 0.29) is 5.56 Å². The summed E-state index contributed by atoms with van der Waals surface area (Å²) in [5.74, 6) is -4.41. The summed E-state index contributed by atoms with van der Waals surface area (Å²) in [7, 11) is 0. The van der Waals surface area contributed by atoms with Crippen LogP contribution in [-0.2, 0) is 4.79 Å². The molecule has 7 heteroatoms. The lowest BCUT2D eigenvalue weighted by atomic mass is 10.0. The monoisotopic (exact) mass is 240 g/mol. The highest BCUT2D eigenvalue weighted by atomic mass is 16.4. The van der Waals surface area contributed by atoms with E-state index in [1.165, 1.54) is 0 Å². The number of aliphatic hydroxyl groups excluding tert-OH is 1. The number of carbonyl (C=O) groups is 3. The maximum absolute atomic E-state index is 10.7. The Kier molecular flexibility index (Phi) is 3.44. The molecule has 0 fully saturated rings. The van der Waals surface area contributed by atoms with E-state index in [4.69, 9.17) is 15.3 Å². The molecule has 17 heavy (non-hydrogen) atoms. The van der Waals surface area contributed by atoms with Gasteiger partial charge in [0.05, 0.1) is 11.1 Å². The molecule has 0 bridgehead atoms. The second kappa shape index (κ2) is 4.62. The molecule has 1 aromatic rings. The van der Waals surface area contributed by atoms with Crippen LogP contribution < -0.4 is 0 Å². The topological polar surface area (TPSA) is 132 Å². The Labute approximate surface area is 94.6 Å². The summed E-state index contributed by atoms with van der Waals surface area (Å²) < 4.78 is 0. The normalized spacial score (nSPS) is 11.8. The van der Waals surface area contributed by atoms with E-state index >= 15 is 0 Å². The predicted molar refractivity (Wildman–Crippen MR) is 53.0 cm³/mol.